The van der Waals surface area contributed by atoms with E-state index in [4.69, 9.17) is 4.74 Å². The number of ether oxygens (including phenoxy) is 2. The van der Waals surface area contributed by atoms with E-state index in [9.17, 15) is 18.0 Å². The standard InChI is InChI=1S/C13H14F3NO3/c1-19-12(18)10-6-8(7-17-10)20-11-5-3-2-4-9(11)13(14,15)16/h2-5,8,10,17H,6-7H2,1H3/t8-,10-/m1/s1. The fraction of sp³-hybridized carbons (Fsp3) is 0.462. The summed E-state index contributed by atoms with van der Waals surface area (Å²) < 4.78 is 48.4. The molecular formula is C13H14F3NO3. The van der Waals surface area contributed by atoms with Gasteiger partial charge in [0.2, 0.25) is 0 Å². The smallest absolute Gasteiger partial charge is 0.419 e. The topological polar surface area (TPSA) is 47.6 Å². The molecule has 1 aromatic carbocycles. The molecule has 1 aromatic rings. The number of carbonyl (C=O) groups is 1. The van der Waals surface area contributed by atoms with Crippen LogP contribution < -0.4 is 10.1 Å². The van der Waals surface area contributed by atoms with E-state index in [1.807, 2.05) is 0 Å². The van der Waals surface area contributed by atoms with Crippen LogP contribution in [0.25, 0.3) is 0 Å². The van der Waals surface area contributed by atoms with E-state index in [1.165, 1.54) is 25.3 Å². The van der Waals surface area contributed by atoms with Gasteiger partial charge in [0.1, 0.15) is 17.9 Å². The molecule has 2 rings (SSSR count). The highest BCUT2D eigenvalue weighted by Crippen LogP contribution is 2.36. The van der Waals surface area contributed by atoms with Gasteiger partial charge >= 0.3 is 12.1 Å². The number of nitrogens with one attached hydrogen (secondary N) is 1. The molecule has 0 radical (unpaired) electrons. The lowest BCUT2D eigenvalue weighted by Gasteiger charge is -2.17. The number of hydrogen-bond donors (Lipinski definition) is 1. The first-order chi connectivity index (χ1) is 9.41. The van der Waals surface area contributed by atoms with Gasteiger partial charge in [-0.2, -0.15) is 13.2 Å². The van der Waals surface area contributed by atoms with E-state index >= 15 is 0 Å². The summed E-state index contributed by atoms with van der Waals surface area (Å²) in [6.07, 6.45) is -4.69. The summed E-state index contributed by atoms with van der Waals surface area (Å²) in [7, 11) is 1.26. The van der Waals surface area contributed by atoms with Gasteiger partial charge in [-0.05, 0) is 12.1 Å². The third kappa shape index (κ3) is 3.22. The molecule has 7 heteroatoms. The summed E-state index contributed by atoms with van der Waals surface area (Å²) >= 11 is 0. The van der Waals surface area contributed by atoms with Crippen molar-refractivity contribution >= 4 is 5.97 Å². The van der Waals surface area contributed by atoms with Gasteiger partial charge in [0.05, 0.1) is 12.7 Å². The van der Waals surface area contributed by atoms with Crippen molar-refractivity contribution < 1.29 is 27.4 Å². The average Bonchev–Trinajstić information content (AvgIpc) is 2.86. The second-order valence-corrected chi connectivity index (χ2v) is 4.45. The number of alkyl halides is 3. The number of carbonyl (C=O) groups excluding carboxylic acids is 1. The molecule has 2 atom stereocenters. The lowest BCUT2D eigenvalue weighted by molar-refractivity contribution is -0.143. The zero-order chi connectivity index (χ0) is 14.8. The van der Waals surface area contributed by atoms with E-state index in [1.54, 1.807) is 0 Å². The van der Waals surface area contributed by atoms with Crippen LogP contribution in [0, 0.1) is 0 Å². The average molecular weight is 289 g/mol. The quantitative estimate of drug-likeness (QED) is 0.865. The van der Waals surface area contributed by atoms with Gasteiger partial charge in [-0.3, -0.25) is 4.79 Å². The Balaban J connectivity index is 2.07. The Morgan fingerprint density at radius 1 is 1.35 bits per heavy atom. The first-order valence-electron chi connectivity index (χ1n) is 6.06. The lowest BCUT2D eigenvalue weighted by atomic mass is 10.1. The van der Waals surface area contributed by atoms with Crippen molar-refractivity contribution in [1.82, 2.24) is 5.32 Å². The summed E-state index contributed by atoms with van der Waals surface area (Å²) in [5.41, 5.74) is -0.818. The Morgan fingerprint density at radius 3 is 2.70 bits per heavy atom. The third-order valence-corrected chi connectivity index (χ3v) is 3.06. The van der Waals surface area contributed by atoms with Crippen molar-refractivity contribution in [3.05, 3.63) is 29.8 Å². The SMILES string of the molecule is COC(=O)[C@H]1C[C@@H](Oc2ccccc2C(F)(F)F)CN1. The highest BCUT2D eigenvalue weighted by molar-refractivity contribution is 5.76. The fourth-order valence-electron chi connectivity index (χ4n) is 2.10. The molecule has 0 aromatic heterocycles. The second kappa shape index (κ2) is 5.70. The van der Waals surface area contributed by atoms with Gasteiger partial charge < -0.3 is 14.8 Å². The van der Waals surface area contributed by atoms with Crippen molar-refractivity contribution in [2.45, 2.75) is 24.7 Å². The van der Waals surface area contributed by atoms with E-state index in [2.05, 4.69) is 10.1 Å². The molecular weight excluding hydrogens is 275 g/mol. The number of halogens is 3. The molecule has 1 aliphatic rings. The summed E-state index contributed by atoms with van der Waals surface area (Å²) in [5.74, 6) is -0.669. The van der Waals surface area contributed by atoms with Crippen LogP contribution in [0.15, 0.2) is 24.3 Å². The highest BCUT2D eigenvalue weighted by atomic mass is 19.4. The Labute approximate surface area is 113 Å². The van der Waals surface area contributed by atoms with Gasteiger partial charge in [-0.15, -0.1) is 0 Å². The molecule has 0 aliphatic carbocycles. The number of methoxy groups -OCH3 is 1. The van der Waals surface area contributed by atoms with Crippen LogP contribution in [0.2, 0.25) is 0 Å². The van der Waals surface area contributed by atoms with E-state index in [0.29, 0.717) is 6.54 Å². The zero-order valence-corrected chi connectivity index (χ0v) is 10.7. The molecule has 0 spiro atoms. The van der Waals surface area contributed by atoms with E-state index < -0.39 is 29.9 Å². The van der Waals surface area contributed by atoms with E-state index in [-0.39, 0.29) is 12.2 Å². The van der Waals surface area contributed by atoms with Crippen LogP contribution in [-0.2, 0) is 15.7 Å². The number of rotatable bonds is 3. The number of esters is 1. The molecule has 1 N–H and O–H groups in total. The predicted octanol–water partition coefficient (Wildman–Crippen LogP) is 1.99. The summed E-state index contributed by atoms with van der Waals surface area (Å²) in [5, 5.41) is 2.86. The highest BCUT2D eigenvalue weighted by Gasteiger charge is 2.36. The normalized spacial score (nSPS) is 22.6. The minimum atomic E-state index is -4.47. The Kier molecular flexibility index (Phi) is 4.17. The molecule has 110 valence electrons. The first-order valence-corrected chi connectivity index (χ1v) is 6.06. The number of benzene rings is 1. The van der Waals surface area contributed by atoms with Crippen molar-refractivity contribution in [3.63, 3.8) is 0 Å². The molecule has 1 aliphatic heterocycles. The Hall–Kier alpha value is -1.76. The monoisotopic (exact) mass is 289 g/mol. The predicted molar refractivity (Wildman–Crippen MR) is 64.3 cm³/mol. The van der Waals surface area contributed by atoms with Crippen LogP contribution in [0.3, 0.4) is 0 Å². The van der Waals surface area contributed by atoms with Crippen LogP contribution in [0.5, 0.6) is 5.75 Å². The second-order valence-electron chi connectivity index (χ2n) is 4.45. The van der Waals surface area contributed by atoms with Gasteiger partial charge in [0.15, 0.2) is 0 Å². The largest absolute Gasteiger partial charge is 0.488 e. The minimum absolute atomic E-state index is 0.225. The van der Waals surface area contributed by atoms with Gasteiger partial charge in [-0.1, -0.05) is 12.1 Å². The Bertz CT molecular complexity index is 490. The Morgan fingerprint density at radius 2 is 2.05 bits per heavy atom. The van der Waals surface area contributed by atoms with Crippen molar-refractivity contribution in [2.24, 2.45) is 0 Å². The first kappa shape index (κ1) is 14.6. The minimum Gasteiger partial charge on any atom is -0.488 e. The maximum atomic E-state index is 12.8. The molecule has 4 nitrogen and oxygen atoms in total. The molecule has 0 unspecified atom stereocenters. The molecule has 20 heavy (non-hydrogen) atoms. The summed E-state index contributed by atoms with van der Waals surface area (Å²) in [4.78, 5) is 11.3. The van der Waals surface area contributed by atoms with Crippen molar-refractivity contribution in [1.29, 1.82) is 0 Å². The van der Waals surface area contributed by atoms with Crippen LogP contribution in [0.1, 0.15) is 12.0 Å². The van der Waals surface area contributed by atoms with Crippen LogP contribution >= 0.6 is 0 Å². The molecule has 0 bridgehead atoms. The molecule has 1 fully saturated rings. The number of para-hydroxylation sites is 1. The van der Waals surface area contributed by atoms with Crippen molar-refractivity contribution in [2.75, 3.05) is 13.7 Å². The van der Waals surface area contributed by atoms with Crippen LogP contribution in [-0.4, -0.2) is 31.8 Å². The maximum absolute atomic E-state index is 12.8. The van der Waals surface area contributed by atoms with Gasteiger partial charge in [0, 0.05) is 13.0 Å². The molecule has 0 saturated carbocycles. The lowest BCUT2D eigenvalue weighted by Crippen LogP contribution is -2.31. The van der Waals surface area contributed by atoms with Crippen molar-refractivity contribution in [3.8, 4) is 5.75 Å². The van der Waals surface area contributed by atoms with Crippen LogP contribution in [0.4, 0.5) is 13.2 Å². The molecule has 0 amide bonds. The molecule has 1 heterocycles. The van der Waals surface area contributed by atoms with Gasteiger partial charge in [-0.25, -0.2) is 0 Å². The number of hydrogen-bond acceptors (Lipinski definition) is 4. The zero-order valence-electron chi connectivity index (χ0n) is 10.7. The fourth-order valence-corrected chi connectivity index (χ4v) is 2.10. The van der Waals surface area contributed by atoms with E-state index in [0.717, 1.165) is 6.07 Å². The summed E-state index contributed by atoms with van der Waals surface area (Å²) in [6.45, 7) is 0.298. The summed E-state index contributed by atoms with van der Waals surface area (Å²) in [6, 6.07) is 4.48. The molecule has 1 saturated heterocycles. The third-order valence-electron chi connectivity index (χ3n) is 3.06. The maximum Gasteiger partial charge on any atom is 0.419 e. The van der Waals surface area contributed by atoms with Gasteiger partial charge in [0.25, 0.3) is 0 Å².